The van der Waals surface area contributed by atoms with E-state index in [-0.39, 0.29) is 69.8 Å². The van der Waals surface area contributed by atoms with Crippen molar-refractivity contribution in [2.24, 2.45) is 5.41 Å². The van der Waals surface area contributed by atoms with Gasteiger partial charge in [-0.05, 0) is 16.5 Å². The van der Waals surface area contributed by atoms with E-state index in [9.17, 15) is 0 Å². The molecule has 4 aromatic rings. The summed E-state index contributed by atoms with van der Waals surface area (Å²) < 4.78 is 0. The molecule has 0 saturated heterocycles. The van der Waals surface area contributed by atoms with Crippen LogP contribution in [0.5, 0.6) is 0 Å². The summed E-state index contributed by atoms with van der Waals surface area (Å²) in [6.45, 7) is 9.37. The van der Waals surface area contributed by atoms with Gasteiger partial charge < -0.3 is 0 Å². The van der Waals surface area contributed by atoms with Gasteiger partial charge in [0.2, 0.25) is 0 Å². The maximum Gasteiger partial charge on any atom is 0.0166 e. The van der Waals surface area contributed by atoms with Gasteiger partial charge in [-0.15, -0.1) is 77.3 Å². The molecule has 0 aromatic heterocycles. The Kier molecular flexibility index (Phi) is 11.2. The minimum atomic E-state index is -0.233. The van der Waals surface area contributed by atoms with Crippen LogP contribution in [0, 0.1) is 12.3 Å². The second-order valence-corrected chi connectivity index (χ2v) is 8.52. The van der Waals surface area contributed by atoms with E-state index in [0.717, 1.165) is 0 Å². The van der Waals surface area contributed by atoms with Gasteiger partial charge >= 0.3 is 0 Å². The maximum absolute atomic E-state index is 2.37. The molecule has 0 aliphatic carbocycles. The summed E-state index contributed by atoms with van der Waals surface area (Å²) in [5, 5.41) is 2.68. The zero-order chi connectivity index (χ0) is 19.1. The van der Waals surface area contributed by atoms with Crippen LogP contribution < -0.4 is 0 Å². The minimum Gasteiger partial charge on any atom is -0.165 e. The number of benzene rings is 3. The van der Waals surface area contributed by atoms with Crippen LogP contribution in [0.1, 0.15) is 43.0 Å². The van der Waals surface area contributed by atoms with Gasteiger partial charge in [-0.1, -0.05) is 94.4 Å². The smallest absolute Gasteiger partial charge is 0.0166 e. The molecule has 0 aliphatic rings. The molecule has 4 rings (SSSR count). The third-order valence-electron chi connectivity index (χ3n) is 5.91. The second kappa shape index (κ2) is 11.6. The van der Waals surface area contributed by atoms with Crippen LogP contribution in [-0.2, 0) is 27.1 Å². The number of aryl methyl sites for hydroxylation is 1. The molecule has 0 aliphatic heterocycles. The summed E-state index contributed by atoms with van der Waals surface area (Å²) in [6.07, 6.45) is 0. The van der Waals surface area contributed by atoms with Crippen LogP contribution in [0.15, 0.2) is 91.0 Å². The van der Waals surface area contributed by atoms with E-state index >= 15 is 0 Å². The van der Waals surface area contributed by atoms with Gasteiger partial charge in [-0.2, -0.15) is 6.07 Å². The quantitative estimate of drug-likeness (QED) is 0.192. The van der Waals surface area contributed by atoms with Crippen molar-refractivity contribution in [3.63, 3.8) is 0 Å². The van der Waals surface area contributed by atoms with Gasteiger partial charge in [0.05, 0.1) is 0 Å². The zero-order valence-corrected chi connectivity index (χ0v) is 22.4. The number of hydrogen-bond acceptors (Lipinski definition) is 0. The standard InChI is InChI=1S/C27H27.3ClH.Ti/c1-20-19-21-13-11-12-18-24(21)25(20)27(26(2,3)4,22-14-7-5-8-15-22)23-16-9-6-10-17-23;;;;/h5-19H,1-4H3;3*1H;/q-1;;;;. The molecule has 0 spiro atoms. The predicted octanol–water partition coefficient (Wildman–Crippen LogP) is 8.51. The van der Waals surface area contributed by atoms with Crippen molar-refractivity contribution >= 4 is 48.0 Å². The fourth-order valence-electron chi connectivity index (χ4n) is 4.94. The number of rotatable bonds is 3. The Bertz CT molecular complexity index is 1020. The average molecular weight is 509 g/mol. The van der Waals surface area contributed by atoms with E-state index in [0.29, 0.717) is 0 Å². The Morgan fingerprint density at radius 3 is 1.48 bits per heavy atom. The largest absolute Gasteiger partial charge is 0.165 e. The monoisotopic (exact) mass is 507 g/mol. The number of halogens is 3. The topological polar surface area (TPSA) is 0 Å². The van der Waals surface area contributed by atoms with Crippen molar-refractivity contribution in [1.82, 2.24) is 0 Å². The molecule has 4 heteroatoms. The molecule has 0 nitrogen and oxygen atoms in total. The summed E-state index contributed by atoms with van der Waals surface area (Å²) in [5.41, 5.74) is 5.24. The fraction of sp³-hybridized carbons (Fsp3) is 0.222. The first-order valence-corrected chi connectivity index (χ1v) is 9.73. The fourth-order valence-corrected chi connectivity index (χ4v) is 4.94. The van der Waals surface area contributed by atoms with Crippen LogP contribution >= 0.6 is 37.2 Å². The Morgan fingerprint density at radius 2 is 1.03 bits per heavy atom. The molecule has 31 heavy (non-hydrogen) atoms. The van der Waals surface area contributed by atoms with E-state index in [2.05, 4.69) is 119 Å². The molecule has 0 N–H and O–H groups in total. The van der Waals surface area contributed by atoms with Gasteiger partial charge in [-0.25, -0.2) is 0 Å². The molecule has 0 unspecified atom stereocenters. The van der Waals surface area contributed by atoms with Crippen LogP contribution in [0.3, 0.4) is 0 Å². The van der Waals surface area contributed by atoms with Gasteiger partial charge in [0.25, 0.3) is 0 Å². The van der Waals surface area contributed by atoms with E-state index in [4.69, 9.17) is 0 Å². The summed E-state index contributed by atoms with van der Waals surface area (Å²) in [7, 11) is 0. The normalized spacial score (nSPS) is 10.8. The maximum atomic E-state index is 2.37. The van der Waals surface area contributed by atoms with E-state index in [1.165, 1.54) is 33.0 Å². The summed E-state index contributed by atoms with van der Waals surface area (Å²) >= 11 is 0. The van der Waals surface area contributed by atoms with Crippen molar-refractivity contribution in [3.8, 4) is 0 Å². The van der Waals surface area contributed by atoms with Crippen molar-refractivity contribution < 1.29 is 21.7 Å². The number of fused-ring (bicyclic) bond motifs is 1. The Labute approximate surface area is 220 Å². The van der Waals surface area contributed by atoms with Crippen molar-refractivity contribution in [3.05, 3.63) is 113 Å². The van der Waals surface area contributed by atoms with Crippen LogP contribution in [0.2, 0.25) is 0 Å². The zero-order valence-electron chi connectivity index (χ0n) is 18.4. The summed E-state index contributed by atoms with van der Waals surface area (Å²) in [6, 6.07) is 33.2. The third-order valence-corrected chi connectivity index (χ3v) is 5.91. The van der Waals surface area contributed by atoms with E-state index in [1.54, 1.807) is 0 Å². The average Bonchev–Trinajstić information content (AvgIpc) is 3.00. The van der Waals surface area contributed by atoms with Gasteiger partial charge in [-0.3, -0.25) is 0 Å². The first-order chi connectivity index (χ1) is 13.0. The van der Waals surface area contributed by atoms with Crippen LogP contribution in [-0.4, -0.2) is 0 Å². The van der Waals surface area contributed by atoms with Gasteiger partial charge in [0.15, 0.2) is 0 Å². The Morgan fingerprint density at radius 1 is 0.613 bits per heavy atom. The molecular formula is C27H30Cl3Ti-. The van der Waals surface area contributed by atoms with Crippen LogP contribution in [0.25, 0.3) is 10.8 Å². The molecule has 0 fully saturated rings. The molecular weight excluding hydrogens is 479 g/mol. The minimum absolute atomic E-state index is 0. The van der Waals surface area contributed by atoms with Crippen molar-refractivity contribution in [2.45, 2.75) is 33.1 Å². The first-order valence-electron chi connectivity index (χ1n) is 9.73. The van der Waals surface area contributed by atoms with Crippen molar-refractivity contribution in [1.29, 1.82) is 0 Å². The number of hydrogen-bond donors (Lipinski definition) is 0. The molecule has 0 atom stereocenters. The molecule has 0 bridgehead atoms. The Balaban J connectivity index is 0.00000225. The molecule has 0 heterocycles. The molecule has 0 radical (unpaired) electrons. The third kappa shape index (κ3) is 4.95. The molecule has 0 saturated carbocycles. The van der Waals surface area contributed by atoms with E-state index in [1.807, 2.05) is 0 Å². The van der Waals surface area contributed by atoms with Gasteiger partial charge in [0.1, 0.15) is 0 Å². The van der Waals surface area contributed by atoms with Crippen molar-refractivity contribution in [2.75, 3.05) is 0 Å². The van der Waals surface area contributed by atoms with Crippen LogP contribution in [0.4, 0.5) is 0 Å². The van der Waals surface area contributed by atoms with E-state index < -0.39 is 0 Å². The SMILES string of the molecule is Cc1cc2ccccc2[c-]1C(c1ccccc1)(c1ccccc1)C(C)(C)C.Cl.Cl.Cl.[Ti]. The summed E-state index contributed by atoms with van der Waals surface area (Å²) in [5.74, 6) is 0. The molecule has 164 valence electrons. The Hall–Kier alpha value is -1.15. The first kappa shape index (κ1) is 29.9. The van der Waals surface area contributed by atoms with Gasteiger partial charge in [0, 0.05) is 27.1 Å². The summed E-state index contributed by atoms with van der Waals surface area (Å²) in [4.78, 5) is 0. The predicted molar refractivity (Wildman–Crippen MR) is 138 cm³/mol. The second-order valence-electron chi connectivity index (χ2n) is 8.52. The molecule has 4 aromatic carbocycles. The molecule has 0 amide bonds.